The summed E-state index contributed by atoms with van der Waals surface area (Å²) in [4.78, 5) is 2.00. The molecule has 0 aliphatic heterocycles. The largest absolute Gasteiger partial charge is 0.331 e. The van der Waals surface area contributed by atoms with Gasteiger partial charge in [0.2, 0.25) is 0 Å². The second-order valence-electron chi connectivity index (χ2n) is 5.42. The van der Waals surface area contributed by atoms with Crippen molar-refractivity contribution in [2.45, 2.75) is 32.6 Å². The van der Waals surface area contributed by atoms with Crippen LogP contribution in [0.3, 0.4) is 0 Å². The Hall–Kier alpha value is -0.0800. The van der Waals surface area contributed by atoms with Gasteiger partial charge in [0.1, 0.15) is 0 Å². The molecule has 14 heavy (non-hydrogen) atoms. The van der Waals surface area contributed by atoms with Gasteiger partial charge < -0.3 is 9.38 Å². The first kappa shape index (κ1) is 16.4. The average molecular weight is 203 g/mol. The van der Waals surface area contributed by atoms with E-state index in [0.717, 1.165) is 4.48 Å². The molecule has 0 unspecified atom stereocenters. The molecular formula is C12H31N2+. The van der Waals surface area contributed by atoms with Crippen molar-refractivity contribution in [3.8, 4) is 0 Å². The fourth-order valence-corrected chi connectivity index (χ4v) is 1.01. The van der Waals surface area contributed by atoms with Crippen LogP contribution in [-0.4, -0.2) is 58.2 Å². The zero-order valence-corrected chi connectivity index (χ0v) is 11.4. The molecule has 0 spiro atoms. The first-order chi connectivity index (χ1) is 6.29. The molecule has 0 aromatic rings. The average Bonchev–Trinajstić information content (AvgIpc) is 1.95. The molecule has 0 saturated heterocycles. The lowest BCUT2D eigenvalue weighted by molar-refractivity contribution is -0.870. The van der Waals surface area contributed by atoms with Gasteiger partial charge in [-0.3, -0.25) is 0 Å². The van der Waals surface area contributed by atoms with Gasteiger partial charge in [0.15, 0.2) is 0 Å². The monoisotopic (exact) mass is 203 g/mol. The van der Waals surface area contributed by atoms with Crippen LogP contribution in [0.2, 0.25) is 0 Å². The Morgan fingerprint density at radius 2 is 1.29 bits per heavy atom. The summed E-state index contributed by atoms with van der Waals surface area (Å²) in [6.07, 6.45) is 5.54. The third-order valence-electron chi connectivity index (χ3n) is 1.68. The highest BCUT2D eigenvalue weighted by molar-refractivity contribution is 4.38. The number of rotatable bonds is 5. The van der Waals surface area contributed by atoms with E-state index in [1.54, 1.807) is 0 Å². The standard InChI is InChI=1S/C9H22N.C3H9N/c1-5-6-7-8-9-10(2,3)4;1-4(2)3/h5-9H2,1-4H3;1-3H3/q+1;. The summed E-state index contributed by atoms with van der Waals surface area (Å²) < 4.78 is 1.11. The molecule has 0 rings (SSSR count). The van der Waals surface area contributed by atoms with Gasteiger partial charge in [-0.05, 0) is 34.0 Å². The fraction of sp³-hybridized carbons (Fsp3) is 1.00. The molecule has 0 aromatic heterocycles. The lowest BCUT2D eigenvalue weighted by Gasteiger charge is -2.23. The van der Waals surface area contributed by atoms with Crippen LogP contribution in [0, 0.1) is 0 Å². The van der Waals surface area contributed by atoms with Crippen molar-refractivity contribution < 1.29 is 4.48 Å². The maximum atomic E-state index is 2.26. The number of unbranched alkanes of at least 4 members (excludes halogenated alkanes) is 3. The fourth-order valence-electron chi connectivity index (χ4n) is 1.01. The van der Waals surface area contributed by atoms with Crippen molar-refractivity contribution in [3.05, 3.63) is 0 Å². The number of nitrogens with zero attached hydrogens (tertiary/aromatic N) is 2. The summed E-state index contributed by atoms with van der Waals surface area (Å²) in [7, 11) is 12.8. The lowest BCUT2D eigenvalue weighted by atomic mass is 10.2. The van der Waals surface area contributed by atoms with Gasteiger partial charge in [0.05, 0.1) is 27.7 Å². The zero-order chi connectivity index (χ0) is 11.6. The number of hydrogen-bond donors (Lipinski definition) is 0. The maximum absolute atomic E-state index is 2.26. The van der Waals surface area contributed by atoms with E-state index in [1.165, 1.54) is 32.2 Å². The van der Waals surface area contributed by atoms with Gasteiger partial charge in [-0.2, -0.15) is 0 Å². The van der Waals surface area contributed by atoms with E-state index in [2.05, 4.69) is 28.1 Å². The molecule has 2 heteroatoms. The summed E-state index contributed by atoms with van der Waals surface area (Å²) in [6.45, 7) is 3.58. The SMILES string of the molecule is CCCCCC[N+](C)(C)C.CN(C)C. The molecule has 2 nitrogen and oxygen atoms in total. The van der Waals surface area contributed by atoms with Gasteiger partial charge >= 0.3 is 0 Å². The third-order valence-corrected chi connectivity index (χ3v) is 1.68. The summed E-state index contributed by atoms with van der Waals surface area (Å²) in [6, 6.07) is 0. The molecule has 0 atom stereocenters. The first-order valence-electron chi connectivity index (χ1n) is 5.71. The van der Waals surface area contributed by atoms with Crippen molar-refractivity contribution in [1.29, 1.82) is 0 Å². The van der Waals surface area contributed by atoms with Crippen molar-refractivity contribution in [3.63, 3.8) is 0 Å². The van der Waals surface area contributed by atoms with Crippen LogP contribution in [0.4, 0.5) is 0 Å². The van der Waals surface area contributed by atoms with Crippen LogP contribution in [0.15, 0.2) is 0 Å². The minimum Gasteiger partial charge on any atom is -0.331 e. The van der Waals surface area contributed by atoms with Gasteiger partial charge in [-0.25, -0.2) is 0 Å². The summed E-state index contributed by atoms with van der Waals surface area (Å²) >= 11 is 0. The smallest absolute Gasteiger partial charge is 0.0780 e. The quantitative estimate of drug-likeness (QED) is 0.490. The normalized spacial score (nSPS) is 11.1. The predicted molar refractivity (Wildman–Crippen MR) is 66.7 cm³/mol. The van der Waals surface area contributed by atoms with Crippen LogP contribution in [-0.2, 0) is 0 Å². The van der Waals surface area contributed by atoms with Gasteiger partial charge in [0, 0.05) is 0 Å². The molecule has 0 N–H and O–H groups in total. The van der Waals surface area contributed by atoms with E-state index in [0.29, 0.717) is 0 Å². The van der Waals surface area contributed by atoms with Crippen LogP contribution in [0.5, 0.6) is 0 Å². The summed E-state index contributed by atoms with van der Waals surface area (Å²) in [5.41, 5.74) is 0. The maximum Gasteiger partial charge on any atom is 0.0780 e. The molecule has 0 saturated carbocycles. The molecule has 0 radical (unpaired) electrons. The second-order valence-corrected chi connectivity index (χ2v) is 5.42. The second kappa shape index (κ2) is 9.47. The molecule has 0 aliphatic rings. The Morgan fingerprint density at radius 1 is 0.857 bits per heavy atom. The predicted octanol–water partition coefficient (Wildman–Crippen LogP) is 2.45. The Kier molecular flexibility index (Phi) is 11.1. The highest BCUT2D eigenvalue weighted by atomic mass is 15.3. The van der Waals surface area contributed by atoms with Crippen molar-refractivity contribution in [2.75, 3.05) is 48.8 Å². The van der Waals surface area contributed by atoms with Crippen molar-refractivity contribution in [2.24, 2.45) is 0 Å². The number of quaternary nitrogens is 1. The van der Waals surface area contributed by atoms with E-state index >= 15 is 0 Å². The summed E-state index contributed by atoms with van der Waals surface area (Å²) in [5.74, 6) is 0. The van der Waals surface area contributed by atoms with E-state index in [-0.39, 0.29) is 0 Å². The molecule has 0 heterocycles. The van der Waals surface area contributed by atoms with Crippen molar-refractivity contribution in [1.82, 2.24) is 4.90 Å². The van der Waals surface area contributed by atoms with Crippen molar-refractivity contribution >= 4 is 0 Å². The Balaban J connectivity index is 0. The Bertz CT molecular complexity index is 101. The lowest BCUT2D eigenvalue weighted by Crippen LogP contribution is -2.35. The van der Waals surface area contributed by atoms with Crippen LogP contribution in [0.1, 0.15) is 32.6 Å². The van der Waals surface area contributed by atoms with E-state index in [1.807, 2.05) is 26.0 Å². The van der Waals surface area contributed by atoms with Gasteiger partial charge in [-0.1, -0.05) is 19.8 Å². The minimum atomic E-state index is 1.11. The minimum absolute atomic E-state index is 1.11. The zero-order valence-electron chi connectivity index (χ0n) is 11.4. The molecule has 0 bridgehead atoms. The van der Waals surface area contributed by atoms with E-state index in [9.17, 15) is 0 Å². The van der Waals surface area contributed by atoms with Gasteiger partial charge in [0.25, 0.3) is 0 Å². The number of hydrogen-bond acceptors (Lipinski definition) is 1. The highest BCUT2D eigenvalue weighted by Gasteiger charge is 2.04. The molecule has 0 amide bonds. The molecular weight excluding hydrogens is 172 g/mol. The van der Waals surface area contributed by atoms with E-state index in [4.69, 9.17) is 0 Å². The van der Waals surface area contributed by atoms with Crippen LogP contribution >= 0.6 is 0 Å². The molecule has 88 valence electrons. The van der Waals surface area contributed by atoms with Crippen LogP contribution in [0.25, 0.3) is 0 Å². The topological polar surface area (TPSA) is 3.24 Å². The molecule has 0 aromatic carbocycles. The Labute approximate surface area is 91.5 Å². The highest BCUT2D eigenvalue weighted by Crippen LogP contribution is 2.01. The first-order valence-corrected chi connectivity index (χ1v) is 5.71. The van der Waals surface area contributed by atoms with E-state index < -0.39 is 0 Å². The summed E-state index contributed by atoms with van der Waals surface area (Å²) in [5, 5.41) is 0. The van der Waals surface area contributed by atoms with Gasteiger partial charge in [-0.15, -0.1) is 0 Å². The van der Waals surface area contributed by atoms with Crippen LogP contribution < -0.4 is 0 Å². The Morgan fingerprint density at radius 3 is 1.57 bits per heavy atom. The molecule has 0 fully saturated rings. The third kappa shape index (κ3) is 29.7. The molecule has 0 aliphatic carbocycles.